The minimum Gasteiger partial charge on any atom is -0.494 e. The number of hydrogen-bond donors (Lipinski definition) is 2. The molecular weight excluding hydrogens is 362 g/mol. The van der Waals surface area contributed by atoms with E-state index in [4.69, 9.17) is 29.8 Å². The van der Waals surface area contributed by atoms with Crippen molar-refractivity contribution < 1.29 is 28.8 Å². The van der Waals surface area contributed by atoms with Crippen LogP contribution in [0.5, 0.6) is 5.75 Å². The normalized spacial score (nSPS) is 12.1. The third-order valence-corrected chi connectivity index (χ3v) is 4.04. The van der Waals surface area contributed by atoms with E-state index in [1.165, 1.54) is 0 Å². The molecule has 1 rings (SSSR count). The van der Waals surface area contributed by atoms with E-state index in [9.17, 15) is 4.79 Å². The Bertz CT molecular complexity index is 523. The van der Waals surface area contributed by atoms with E-state index in [1.807, 2.05) is 31.2 Å². The fourth-order valence-electron chi connectivity index (χ4n) is 2.44. The Morgan fingerprint density at radius 2 is 1.54 bits per heavy atom. The van der Waals surface area contributed by atoms with E-state index in [2.05, 4.69) is 0 Å². The molecule has 0 spiro atoms. The summed E-state index contributed by atoms with van der Waals surface area (Å²) >= 11 is 0. The van der Waals surface area contributed by atoms with Gasteiger partial charge in [0.15, 0.2) is 0 Å². The fraction of sp³-hybridized carbons (Fsp3) is 0.667. The van der Waals surface area contributed by atoms with Crippen molar-refractivity contribution in [3.63, 3.8) is 0 Å². The molecule has 0 fully saturated rings. The summed E-state index contributed by atoms with van der Waals surface area (Å²) in [4.78, 5) is 10.3. The van der Waals surface area contributed by atoms with Crippen molar-refractivity contribution in [1.29, 1.82) is 0 Å². The number of carboxylic acids is 1. The van der Waals surface area contributed by atoms with Crippen molar-refractivity contribution in [2.45, 2.75) is 45.1 Å². The average Bonchev–Trinajstić information content (AvgIpc) is 2.67. The second-order valence-corrected chi connectivity index (χ2v) is 6.60. The summed E-state index contributed by atoms with van der Waals surface area (Å²) in [5.74, 6) is 0.0271. The van der Waals surface area contributed by atoms with Gasteiger partial charge in [-0.05, 0) is 43.9 Å². The van der Waals surface area contributed by atoms with Gasteiger partial charge in [-0.15, -0.1) is 0 Å². The molecule has 1 atom stereocenters. The third-order valence-electron chi connectivity index (χ3n) is 4.04. The van der Waals surface area contributed by atoms with Gasteiger partial charge in [0, 0.05) is 12.6 Å². The van der Waals surface area contributed by atoms with E-state index in [0.29, 0.717) is 33.0 Å². The van der Waals surface area contributed by atoms with Gasteiger partial charge < -0.3 is 29.8 Å². The van der Waals surface area contributed by atoms with Gasteiger partial charge in [0.1, 0.15) is 5.75 Å². The molecule has 0 heterocycles. The molecule has 160 valence electrons. The second kappa shape index (κ2) is 16.3. The van der Waals surface area contributed by atoms with Crippen LogP contribution in [0.4, 0.5) is 0 Å². The van der Waals surface area contributed by atoms with E-state index in [1.54, 1.807) is 0 Å². The molecule has 0 saturated carbocycles. The smallest absolute Gasteiger partial charge is 0.305 e. The minimum absolute atomic E-state index is 0.0195. The standard InChI is InChI=1S/C21H35NO6/c1-18(22)19-7-6-8-20(17-19)28-11-5-3-2-4-10-25-13-15-27-16-14-26-12-9-21(23)24/h6-8,17-18H,2-5,9-16,22H2,1H3,(H,23,24). The Labute approximate surface area is 168 Å². The highest BCUT2D eigenvalue weighted by molar-refractivity contribution is 5.66. The monoisotopic (exact) mass is 397 g/mol. The number of benzene rings is 1. The van der Waals surface area contributed by atoms with E-state index < -0.39 is 5.97 Å². The molecule has 0 amide bonds. The Kier molecular flexibility index (Phi) is 14.2. The first kappa shape index (κ1) is 24.4. The summed E-state index contributed by atoms with van der Waals surface area (Å²) in [6, 6.07) is 7.97. The van der Waals surface area contributed by atoms with Crippen molar-refractivity contribution in [2.75, 3.05) is 46.2 Å². The molecule has 0 aromatic heterocycles. The summed E-state index contributed by atoms with van der Waals surface area (Å²) in [6.07, 6.45) is 4.30. The van der Waals surface area contributed by atoms with Crippen LogP contribution < -0.4 is 10.5 Å². The largest absolute Gasteiger partial charge is 0.494 e. The van der Waals surface area contributed by atoms with Crippen molar-refractivity contribution in [2.24, 2.45) is 5.73 Å². The molecule has 0 aliphatic rings. The Hall–Kier alpha value is -1.67. The Balaban J connectivity index is 1.82. The zero-order valence-corrected chi connectivity index (χ0v) is 16.9. The third kappa shape index (κ3) is 13.5. The van der Waals surface area contributed by atoms with Gasteiger partial charge in [-0.25, -0.2) is 0 Å². The molecule has 0 aliphatic heterocycles. The lowest BCUT2D eigenvalue weighted by atomic mass is 10.1. The Morgan fingerprint density at radius 3 is 2.18 bits per heavy atom. The maximum Gasteiger partial charge on any atom is 0.305 e. The van der Waals surface area contributed by atoms with E-state index >= 15 is 0 Å². The zero-order valence-electron chi connectivity index (χ0n) is 16.9. The topological polar surface area (TPSA) is 100 Å². The predicted octanol–water partition coefficient (Wildman–Crippen LogP) is 3.17. The fourth-order valence-corrected chi connectivity index (χ4v) is 2.44. The lowest BCUT2D eigenvalue weighted by molar-refractivity contribution is -0.138. The highest BCUT2D eigenvalue weighted by Gasteiger charge is 2.01. The van der Waals surface area contributed by atoms with Crippen LogP contribution in [0.25, 0.3) is 0 Å². The SMILES string of the molecule is CC(N)c1cccc(OCCCCCCOCCOCCOCCC(=O)O)c1. The molecule has 0 aliphatic carbocycles. The molecule has 1 unspecified atom stereocenters. The van der Waals surface area contributed by atoms with Crippen LogP contribution in [0.15, 0.2) is 24.3 Å². The summed E-state index contributed by atoms with van der Waals surface area (Å²) in [5.41, 5.74) is 6.97. The summed E-state index contributed by atoms with van der Waals surface area (Å²) in [6.45, 7) is 5.58. The molecule has 0 radical (unpaired) electrons. The minimum atomic E-state index is -0.853. The van der Waals surface area contributed by atoms with Gasteiger partial charge in [0.05, 0.1) is 46.1 Å². The predicted molar refractivity (Wildman–Crippen MR) is 108 cm³/mol. The van der Waals surface area contributed by atoms with Crippen molar-refractivity contribution in [3.8, 4) is 5.75 Å². The molecular formula is C21H35NO6. The van der Waals surface area contributed by atoms with Gasteiger partial charge in [-0.2, -0.15) is 0 Å². The number of ether oxygens (including phenoxy) is 4. The first-order valence-corrected chi connectivity index (χ1v) is 10.0. The molecule has 7 nitrogen and oxygen atoms in total. The molecule has 7 heteroatoms. The van der Waals surface area contributed by atoms with Crippen LogP contribution >= 0.6 is 0 Å². The highest BCUT2D eigenvalue weighted by Crippen LogP contribution is 2.17. The summed E-state index contributed by atoms with van der Waals surface area (Å²) in [7, 11) is 0. The Morgan fingerprint density at radius 1 is 0.929 bits per heavy atom. The maximum absolute atomic E-state index is 10.3. The van der Waals surface area contributed by atoms with Gasteiger partial charge in [0.2, 0.25) is 0 Å². The summed E-state index contributed by atoms with van der Waals surface area (Å²) < 4.78 is 21.8. The zero-order chi connectivity index (χ0) is 20.5. The number of unbranched alkanes of at least 4 members (excludes halogenated alkanes) is 3. The average molecular weight is 398 g/mol. The molecule has 3 N–H and O–H groups in total. The number of carbonyl (C=O) groups is 1. The van der Waals surface area contributed by atoms with Crippen molar-refractivity contribution in [1.82, 2.24) is 0 Å². The molecule has 1 aromatic rings. The van der Waals surface area contributed by atoms with Crippen LogP contribution in [0.2, 0.25) is 0 Å². The first-order chi connectivity index (χ1) is 13.6. The van der Waals surface area contributed by atoms with Crippen LogP contribution in [0.1, 0.15) is 50.6 Å². The van der Waals surface area contributed by atoms with E-state index in [-0.39, 0.29) is 19.1 Å². The van der Waals surface area contributed by atoms with Crippen LogP contribution in [-0.4, -0.2) is 57.3 Å². The number of hydrogen-bond acceptors (Lipinski definition) is 6. The molecule has 0 saturated heterocycles. The van der Waals surface area contributed by atoms with Crippen LogP contribution in [0, 0.1) is 0 Å². The van der Waals surface area contributed by atoms with Gasteiger partial charge in [-0.1, -0.05) is 18.6 Å². The van der Waals surface area contributed by atoms with Crippen molar-refractivity contribution in [3.05, 3.63) is 29.8 Å². The number of aliphatic carboxylic acids is 1. The maximum atomic E-state index is 10.3. The summed E-state index contributed by atoms with van der Waals surface area (Å²) in [5, 5.41) is 8.45. The van der Waals surface area contributed by atoms with Crippen LogP contribution in [-0.2, 0) is 19.0 Å². The van der Waals surface area contributed by atoms with Crippen molar-refractivity contribution >= 4 is 5.97 Å². The lowest BCUT2D eigenvalue weighted by Gasteiger charge is -2.10. The van der Waals surface area contributed by atoms with E-state index in [0.717, 1.165) is 43.6 Å². The van der Waals surface area contributed by atoms with Crippen LogP contribution in [0.3, 0.4) is 0 Å². The second-order valence-electron chi connectivity index (χ2n) is 6.60. The lowest BCUT2D eigenvalue weighted by Crippen LogP contribution is -2.11. The van der Waals surface area contributed by atoms with Gasteiger partial charge in [0.25, 0.3) is 0 Å². The highest BCUT2D eigenvalue weighted by atomic mass is 16.5. The number of rotatable bonds is 18. The van der Waals surface area contributed by atoms with Gasteiger partial charge >= 0.3 is 5.97 Å². The molecule has 0 bridgehead atoms. The first-order valence-electron chi connectivity index (χ1n) is 10.0. The molecule has 28 heavy (non-hydrogen) atoms. The van der Waals surface area contributed by atoms with Gasteiger partial charge in [-0.3, -0.25) is 4.79 Å². The quantitative estimate of drug-likeness (QED) is 0.367. The molecule has 1 aromatic carbocycles. The number of carboxylic acid groups (broad SMARTS) is 1. The number of nitrogens with two attached hydrogens (primary N) is 1.